The van der Waals surface area contributed by atoms with Crippen LogP contribution in [0.25, 0.3) is 21.8 Å². The number of aromatic nitrogens is 3. The van der Waals surface area contributed by atoms with Crippen LogP contribution in [0.2, 0.25) is 0 Å². The first-order valence-electron chi connectivity index (χ1n) is 8.33. The van der Waals surface area contributed by atoms with Crippen LogP contribution >= 0.6 is 0 Å². The van der Waals surface area contributed by atoms with E-state index in [1.54, 1.807) is 0 Å². The lowest BCUT2D eigenvalue weighted by atomic mass is 9.71. The number of hydrogen-bond acceptors (Lipinski definition) is 3. The number of hydrogen-bond donors (Lipinski definition) is 2. The molecule has 0 amide bonds. The summed E-state index contributed by atoms with van der Waals surface area (Å²) in [4.78, 5) is 5.05. The van der Waals surface area contributed by atoms with Gasteiger partial charge in [-0.2, -0.15) is 5.10 Å². The molecule has 4 nitrogen and oxygen atoms in total. The number of nitrogens with zero attached hydrogens (tertiary/aromatic N) is 2. The maximum atomic E-state index is 6.65. The molecule has 0 bridgehead atoms. The summed E-state index contributed by atoms with van der Waals surface area (Å²) >= 11 is 0. The van der Waals surface area contributed by atoms with Crippen molar-refractivity contribution in [3.05, 3.63) is 35.2 Å². The molecular formula is C18H20N4. The minimum atomic E-state index is -0.180. The topological polar surface area (TPSA) is 67.6 Å². The van der Waals surface area contributed by atoms with Crippen LogP contribution in [0.3, 0.4) is 0 Å². The van der Waals surface area contributed by atoms with Gasteiger partial charge in [-0.25, -0.2) is 0 Å². The number of fused-ring (bicyclic) bond motifs is 5. The number of benzene rings is 1. The predicted molar refractivity (Wildman–Crippen MR) is 87.8 cm³/mol. The van der Waals surface area contributed by atoms with Crippen molar-refractivity contribution >= 4 is 21.8 Å². The molecule has 2 aliphatic rings. The van der Waals surface area contributed by atoms with E-state index in [0.29, 0.717) is 0 Å². The molecule has 0 saturated heterocycles. The van der Waals surface area contributed by atoms with Gasteiger partial charge in [0.2, 0.25) is 0 Å². The number of aromatic amines is 1. The Labute approximate surface area is 129 Å². The molecule has 1 saturated carbocycles. The van der Waals surface area contributed by atoms with E-state index < -0.39 is 0 Å². The largest absolute Gasteiger partial charge is 0.320 e. The highest BCUT2D eigenvalue weighted by Gasteiger charge is 2.39. The fraction of sp³-hybridized carbons (Fsp3) is 0.444. The van der Waals surface area contributed by atoms with Crippen LogP contribution in [-0.2, 0) is 18.4 Å². The van der Waals surface area contributed by atoms with Gasteiger partial charge in [0.25, 0.3) is 0 Å². The fourth-order valence-corrected chi connectivity index (χ4v) is 4.25. The molecule has 0 aliphatic heterocycles. The van der Waals surface area contributed by atoms with Gasteiger partial charge in [0.1, 0.15) is 0 Å². The zero-order valence-electron chi connectivity index (χ0n) is 12.7. The number of aryl methyl sites for hydroxylation is 1. The van der Waals surface area contributed by atoms with Crippen LogP contribution in [0, 0.1) is 0 Å². The van der Waals surface area contributed by atoms with E-state index in [0.717, 1.165) is 36.7 Å². The van der Waals surface area contributed by atoms with Gasteiger partial charge in [0.15, 0.2) is 0 Å². The van der Waals surface area contributed by atoms with Crippen molar-refractivity contribution in [2.45, 2.75) is 50.5 Å². The Bertz CT molecular complexity index is 889. The van der Waals surface area contributed by atoms with Crippen LogP contribution in [0.5, 0.6) is 0 Å². The van der Waals surface area contributed by atoms with E-state index in [-0.39, 0.29) is 5.54 Å². The first kappa shape index (κ1) is 12.6. The average molecular weight is 292 g/mol. The van der Waals surface area contributed by atoms with Crippen molar-refractivity contribution in [3.8, 4) is 0 Å². The Morgan fingerprint density at radius 3 is 2.64 bits per heavy atom. The predicted octanol–water partition coefficient (Wildman–Crippen LogP) is 3.33. The number of nitrogens with two attached hydrogens (primary N) is 1. The van der Waals surface area contributed by atoms with Crippen molar-refractivity contribution in [2.24, 2.45) is 5.73 Å². The number of rotatable bonds is 1. The molecule has 0 spiro atoms. The molecule has 0 unspecified atom stereocenters. The first-order valence-corrected chi connectivity index (χ1v) is 8.33. The molecule has 112 valence electrons. The second-order valence-corrected chi connectivity index (χ2v) is 6.93. The third-order valence-corrected chi connectivity index (χ3v) is 5.61. The van der Waals surface area contributed by atoms with Crippen molar-refractivity contribution in [1.82, 2.24) is 15.2 Å². The molecule has 1 fully saturated rings. The summed E-state index contributed by atoms with van der Waals surface area (Å²) in [5.74, 6) is 0. The summed E-state index contributed by atoms with van der Waals surface area (Å²) in [6, 6.07) is 4.21. The van der Waals surface area contributed by atoms with Gasteiger partial charge in [-0.15, -0.1) is 0 Å². The van der Waals surface area contributed by atoms with E-state index in [4.69, 9.17) is 10.7 Å². The molecule has 0 radical (unpaired) electrons. The Balaban J connectivity index is 1.91. The first-order chi connectivity index (χ1) is 10.8. The molecule has 0 atom stereocenters. The van der Waals surface area contributed by atoms with Gasteiger partial charge >= 0.3 is 0 Å². The van der Waals surface area contributed by atoms with Crippen molar-refractivity contribution in [3.63, 3.8) is 0 Å². The van der Waals surface area contributed by atoms with Crippen LogP contribution < -0.4 is 5.73 Å². The molecule has 4 heteroatoms. The second kappa shape index (κ2) is 4.29. The third-order valence-electron chi connectivity index (χ3n) is 5.61. The fourth-order valence-electron chi connectivity index (χ4n) is 4.25. The van der Waals surface area contributed by atoms with Gasteiger partial charge < -0.3 is 5.73 Å². The molecule has 2 aliphatic carbocycles. The lowest BCUT2D eigenvalue weighted by Crippen LogP contribution is -2.45. The lowest BCUT2D eigenvalue weighted by molar-refractivity contribution is 0.244. The number of pyridine rings is 1. The smallest absolute Gasteiger partial charge is 0.0717 e. The van der Waals surface area contributed by atoms with Gasteiger partial charge in [0, 0.05) is 10.8 Å². The van der Waals surface area contributed by atoms with E-state index in [9.17, 15) is 0 Å². The molecule has 1 aromatic carbocycles. The normalized spacial score (nSPS) is 20.0. The summed E-state index contributed by atoms with van der Waals surface area (Å²) in [5, 5.41) is 9.81. The van der Waals surface area contributed by atoms with Crippen LogP contribution in [0.1, 0.15) is 48.9 Å². The minimum absolute atomic E-state index is 0.180. The van der Waals surface area contributed by atoms with Crippen molar-refractivity contribution < 1.29 is 0 Å². The summed E-state index contributed by atoms with van der Waals surface area (Å²) in [7, 11) is 0. The molecular weight excluding hydrogens is 272 g/mol. The highest BCUT2D eigenvalue weighted by Crippen LogP contribution is 2.43. The number of H-pyrrole nitrogens is 1. The zero-order valence-corrected chi connectivity index (χ0v) is 12.7. The molecule has 3 aromatic rings. The average Bonchev–Trinajstić information content (AvgIpc) is 3.00. The molecule has 5 rings (SSSR count). The Kier molecular flexibility index (Phi) is 2.46. The van der Waals surface area contributed by atoms with E-state index in [1.807, 2.05) is 6.20 Å². The Morgan fingerprint density at radius 1 is 1.05 bits per heavy atom. The van der Waals surface area contributed by atoms with E-state index in [2.05, 4.69) is 22.3 Å². The molecule has 22 heavy (non-hydrogen) atoms. The maximum absolute atomic E-state index is 6.65. The SMILES string of the molecule is NC1(c2nc3ccc4[nH]ncc4c3c3c2CCCC3)CCC1. The van der Waals surface area contributed by atoms with E-state index in [1.165, 1.54) is 46.9 Å². The number of nitrogens with one attached hydrogen (secondary N) is 1. The maximum Gasteiger partial charge on any atom is 0.0717 e. The second-order valence-electron chi connectivity index (χ2n) is 6.93. The van der Waals surface area contributed by atoms with Gasteiger partial charge in [-0.1, -0.05) is 0 Å². The summed E-state index contributed by atoms with van der Waals surface area (Å²) < 4.78 is 0. The quantitative estimate of drug-likeness (QED) is 0.723. The van der Waals surface area contributed by atoms with Crippen LogP contribution in [-0.4, -0.2) is 15.2 Å². The monoisotopic (exact) mass is 292 g/mol. The zero-order chi connectivity index (χ0) is 14.7. The van der Waals surface area contributed by atoms with E-state index >= 15 is 0 Å². The highest BCUT2D eigenvalue weighted by molar-refractivity contribution is 6.07. The molecule has 2 heterocycles. The standard InChI is InChI=1S/C18H20N4/c19-18(8-3-9-18)17-12-5-2-1-4-11(12)16-13-10-20-22-14(13)6-7-15(16)21-17/h6-7,10H,1-5,8-9,19H2,(H,20,22). The van der Waals surface area contributed by atoms with Crippen LogP contribution in [0.15, 0.2) is 18.3 Å². The third kappa shape index (κ3) is 1.56. The lowest BCUT2D eigenvalue weighted by Gasteiger charge is -2.40. The van der Waals surface area contributed by atoms with Gasteiger partial charge in [0.05, 0.1) is 28.5 Å². The Morgan fingerprint density at radius 2 is 1.86 bits per heavy atom. The summed E-state index contributed by atoms with van der Waals surface area (Å²) in [6.45, 7) is 0. The minimum Gasteiger partial charge on any atom is -0.320 e. The van der Waals surface area contributed by atoms with Crippen LogP contribution in [0.4, 0.5) is 0 Å². The van der Waals surface area contributed by atoms with Gasteiger partial charge in [-0.3, -0.25) is 10.1 Å². The summed E-state index contributed by atoms with van der Waals surface area (Å²) in [6.07, 6.45) is 10.1. The Hall–Kier alpha value is -1.94. The van der Waals surface area contributed by atoms with Crippen molar-refractivity contribution in [1.29, 1.82) is 0 Å². The van der Waals surface area contributed by atoms with Crippen molar-refractivity contribution in [2.75, 3.05) is 0 Å². The highest BCUT2D eigenvalue weighted by atomic mass is 15.1. The molecule has 3 N–H and O–H groups in total. The van der Waals surface area contributed by atoms with Gasteiger partial charge in [-0.05, 0) is 68.2 Å². The summed E-state index contributed by atoms with van der Waals surface area (Å²) in [5.41, 5.74) is 12.8. The molecule has 2 aromatic heterocycles.